The minimum absolute atomic E-state index is 0. The molecule has 3 rings (SSSR count). The Morgan fingerprint density at radius 1 is 1.31 bits per heavy atom. The quantitative estimate of drug-likeness (QED) is 0.375. The zero-order valence-electron chi connectivity index (χ0n) is 17.6. The molecule has 0 saturated carbocycles. The number of benzene rings is 1. The summed E-state index contributed by atoms with van der Waals surface area (Å²) in [6.07, 6.45) is 2.02. The van der Waals surface area contributed by atoms with Gasteiger partial charge in [-0.2, -0.15) is 0 Å². The standard InChI is InChI=1S/C22H30N4O2.HI/c1-16(2)28-21-10-9-18(13-24-21)14-25-22(23-4)26-11-12-27-20(15-26)19-8-6-5-7-17(19)3;/h5-10,13,16,20H,11-12,14-15H2,1-4H3,(H,23,25);1H. The molecule has 1 aliphatic rings. The van der Waals surface area contributed by atoms with E-state index in [9.17, 15) is 0 Å². The Hall–Kier alpha value is -1.87. The zero-order valence-corrected chi connectivity index (χ0v) is 19.9. The summed E-state index contributed by atoms with van der Waals surface area (Å²) in [5, 5.41) is 3.44. The number of aromatic nitrogens is 1. The van der Waals surface area contributed by atoms with Gasteiger partial charge in [0, 0.05) is 32.4 Å². The minimum Gasteiger partial charge on any atom is -0.475 e. The molecule has 2 aromatic rings. The fourth-order valence-electron chi connectivity index (χ4n) is 3.32. The second kappa shape index (κ2) is 11.3. The Morgan fingerprint density at radius 2 is 2.10 bits per heavy atom. The molecular weight excluding hydrogens is 479 g/mol. The van der Waals surface area contributed by atoms with Crippen molar-refractivity contribution in [2.45, 2.75) is 39.5 Å². The number of aryl methyl sites for hydroxylation is 1. The first-order valence-corrected chi connectivity index (χ1v) is 9.81. The predicted octanol–water partition coefficient (Wildman–Crippen LogP) is 3.94. The lowest BCUT2D eigenvalue weighted by Crippen LogP contribution is -2.48. The SMILES string of the molecule is CN=C(NCc1ccc(OC(C)C)nc1)N1CCOC(c2ccccc2C)C1.I. The van der Waals surface area contributed by atoms with Gasteiger partial charge in [-0.05, 0) is 37.5 Å². The highest BCUT2D eigenvalue weighted by Crippen LogP contribution is 2.25. The van der Waals surface area contributed by atoms with E-state index in [-0.39, 0.29) is 36.2 Å². The second-order valence-electron chi connectivity index (χ2n) is 7.23. The van der Waals surface area contributed by atoms with Crippen molar-refractivity contribution in [1.29, 1.82) is 0 Å². The van der Waals surface area contributed by atoms with E-state index in [0.717, 1.165) is 24.6 Å². The lowest BCUT2D eigenvalue weighted by atomic mass is 10.0. The van der Waals surface area contributed by atoms with E-state index in [4.69, 9.17) is 9.47 Å². The molecule has 1 aromatic heterocycles. The van der Waals surface area contributed by atoms with Gasteiger partial charge in [0.1, 0.15) is 6.10 Å². The van der Waals surface area contributed by atoms with Gasteiger partial charge >= 0.3 is 0 Å². The Balaban J connectivity index is 0.00000300. The van der Waals surface area contributed by atoms with E-state index in [1.165, 1.54) is 11.1 Å². The highest BCUT2D eigenvalue weighted by Gasteiger charge is 2.25. The number of pyridine rings is 1. The maximum atomic E-state index is 6.03. The van der Waals surface area contributed by atoms with Crippen molar-refractivity contribution in [3.63, 3.8) is 0 Å². The van der Waals surface area contributed by atoms with Gasteiger partial charge in [0.2, 0.25) is 5.88 Å². The van der Waals surface area contributed by atoms with Crippen LogP contribution in [0.4, 0.5) is 0 Å². The van der Waals surface area contributed by atoms with E-state index in [2.05, 4.69) is 51.4 Å². The summed E-state index contributed by atoms with van der Waals surface area (Å²) in [5.41, 5.74) is 3.58. The Kier molecular flexibility index (Phi) is 9.16. The molecule has 1 atom stereocenters. The molecule has 1 aliphatic heterocycles. The van der Waals surface area contributed by atoms with Crippen molar-refractivity contribution in [2.24, 2.45) is 4.99 Å². The summed E-state index contributed by atoms with van der Waals surface area (Å²) in [6.45, 7) is 9.06. The fourth-order valence-corrected chi connectivity index (χ4v) is 3.32. The molecule has 158 valence electrons. The van der Waals surface area contributed by atoms with E-state index in [1.54, 1.807) is 0 Å². The summed E-state index contributed by atoms with van der Waals surface area (Å²) in [7, 11) is 1.82. The van der Waals surface area contributed by atoms with Gasteiger partial charge in [0.15, 0.2) is 5.96 Å². The third-order valence-corrected chi connectivity index (χ3v) is 4.72. The first-order valence-electron chi connectivity index (χ1n) is 9.81. The number of nitrogens with zero attached hydrogens (tertiary/aromatic N) is 3. The van der Waals surface area contributed by atoms with Crippen molar-refractivity contribution < 1.29 is 9.47 Å². The van der Waals surface area contributed by atoms with Crippen LogP contribution >= 0.6 is 24.0 Å². The van der Waals surface area contributed by atoms with Crippen LogP contribution in [0.2, 0.25) is 0 Å². The van der Waals surface area contributed by atoms with Crippen LogP contribution in [0.3, 0.4) is 0 Å². The van der Waals surface area contributed by atoms with Crippen LogP contribution in [0.25, 0.3) is 0 Å². The monoisotopic (exact) mass is 510 g/mol. The number of ether oxygens (including phenoxy) is 2. The Morgan fingerprint density at radius 3 is 2.76 bits per heavy atom. The Labute approximate surface area is 190 Å². The first kappa shape index (κ1) is 23.4. The first-order chi connectivity index (χ1) is 13.6. The number of hydrogen-bond donors (Lipinski definition) is 1. The number of halogens is 1. The average molecular weight is 510 g/mol. The van der Waals surface area contributed by atoms with E-state index in [0.29, 0.717) is 19.0 Å². The molecule has 1 unspecified atom stereocenters. The molecule has 0 bridgehead atoms. The minimum atomic E-state index is 0. The summed E-state index contributed by atoms with van der Waals surface area (Å²) in [4.78, 5) is 11.1. The maximum Gasteiger partial charge on any atom is 0.213 e. The molecule has 2 heterocycles. The summed E-state index contributed by atoms with van der Waals surface area (Å²) < 4.78 is 11.6. The third kappa shape index (κ3) is 6.57. The van der Waals surface area contributed by atoms with Crippen LogP contribution in [0.5, 0.6) is 5.88 Å². The largest absolute Gasteiger partial charge is 0.475 e. The zero-order chi connectivity index (χ0) is 19.9. The smallest absolute Gasteiger partial charge is 0.213 e. The van der Waals surface area contributed by atoms with Gasteiger partial charge in [-0.15, -0.1) is 24.0 Å². The van der Waals surface area contributed by atoms with Crippen LogP contribution in [0.15, 0.2) is 47.6 Å². The molecular formula is C22H31IN4O2. The molecule has 7 heteroatoms. The van der Waals surface area contributed by atoms with Crippen molar-refractivity contribution in [1.82, 2.24) is 15.2 Å². The number of guanidine groups is 1. The maximum absolute atomic E-state index is 6.03. The highest BCUT2D eigenvalue weighted by atomic mass is 127. The average Bonchev–Trinajstić information content (AvgIpc) is 2.70. The summed E-state index contributed by atoms with van der Waals surface area (Å²) in [6, 6.07) is 12.3. The molecule has 0 spiro atoms. The Bertz CT molecular complexity index is 796. The number of rotatable bonds is 5. The van der Waals surface area contributed by atoms with Crippen LogP contribution in [0.1, 0.15) is 36.6 Å². The van der Waals surface area contributed by atoms with Gasteiger partial charge in [-0.25, -0.2) is 4.98 Å². The molecule has 1 N–H and O–H groups in total. The van der Waals surface area contributed by atoms with Crippen molar-refractivity contribution in [3.8, 4) is 5.88 Å². The summed E-state index contributed by atoms with van der Waals surface area (Å²) >= 11 is 0. The van der Waals surface area contributed by atoms with Gasteiger partial charge in [0.25, 0.3) is 0 Å². The van der Waals surface area contributed by atoms with E-state index >= 15 is 0 Å². The van der Waals surface area contributed by atoms with Crippen molar-refractivity contribution in [3.05, 3.63) is 59.3 Å². The number of aliphatic imine (C=N–C) groups is 1. The molecule has 1 fully saturated rings. The normalized spacial score (nSPS) is 17.1. The van der Waals surface area contributed by atoms with Crippen molar-refractivity contribution >= 4 is 29.9 Å². The van der Waals surface area contributed by atoms with E-state index in [1.807, 2.05) is 39.2 Å². The highest BCUT2D eigenvalue weighted by molar-refractivity contribution is 14.0. The van der Waals surface area contributed by atoms with Gasteiger partial charge in [-0.1, -0.05) is 30.3 Å². The predicted molar refractivity (Wildman–Crippen MR) is 127 cm³/mol. The molecule has 0 radical (unpaired) electrons. The van der Waals surface area contributed by atoms with Gasteiger partial charge < -0.3 is 19.7 Å². The lowest BCUT2D eigenvalue weighted by molar-refractivity contribution is -0.00834. The lowest BCUT2D eigenvalue weighted by Gasteiger charge is -2.35. The van der Waals surface area contributed by atoms with Crippen LogP contribution in [-0.4, -0.2) is 48.7 Å². The number of nitrogens with one attached hydrogen (secondary N) is 1. The van der Waals surface area contributed by atoms with Gasteiger partial charge in [0.05, 0.1) is 19.3 Å². The number of morpholine rings is 1. The van der Waals surface area contributed by atoms with Crippen molar-refractivity contribution in [2.75, 3.05) is 26.7 Å². The van der Waals surface area contributed by atoms with Gasteiger partial charge in [-0.3, -0.25) is 4.99 Å². The molecule has 29 heavy (non-hydrogen) atoms. The third-order valence-electron chi connectivity index (χ3n) is 4.72. The topological polar surface area (TPSA) is 59.0 Å². The number of hydrogen-bond acceptors (Lipinski definition) is 4. The molecule has 6 nitrogen and oxygen atoms in total. The second-order valence-corrected chi connectivity index (χ2v) is 7.23. The van der Waals surface area contributed by atoms with Crippen LogP contribution < -0.4 is 10.1 Å². The van der Waals surface area contributed by atoms with Crippen LogP contribution in [-0.2, 0) is 11.3 Å². The summed E-state index contributed by atoms with van der Waals surface area (Å²) in [5.74, 6) is 1.53. The molecule has 1 aromatic carbocycles. The molecule has 0 amide bonds. The van der Waals surface area contributed by atoms with E-state index < -0.39 is 0 Å². The fraction of sp³-hybridized carbons (Fsp3) is 0.455. The molecule has 1 saturated heterocycles. The van der Waals surface area contributed by atoms with Crippen LogP contribution in [0, 0.1) is 6.92 Å². The molecule has 0 aliphatic carbocycles.